The van der Waals surface area contributed by atoms with Crippen molar-refractivity contribution < 1.29 is 38.1 Å². The molecular weight excluding hydrogens is 466 g/mol. The average Bonchev–Trinajstić information content (AvgIpc) is 3.48. The molecule has 10 nitrogen and oxygen atoms in total. The number of halogens is 2. The van der Waals surface area contributed by atoms with Gasteiger partial charge in [-0.25, -0.2) is 13.5 Å². The van der Waals surface area contributed by atoms with Gasteiger partial charge in [0.25, 0.3) is 0 Å². The highest BCUT2D eigenvalue weighted by molar-refractivity contribution is 5.59. The number of aryl methyl sites for hydroxylation is 1. The first-order chi connectivity index (χ1) is 16.5. The van der Waals surface area contributed by atoms with Crippen LogP contribution in [0.15, 0.2) is 28.9 Å². The molecule has 0 unspecified atom stereocenters. The van der Waals surface area contributed by atoms with E-state index in [1.807, 2.05) is 0 Å². The minimum Gasteiger partial charge on any atom is -0.394 e. The van der Waals surface area contributed by atoms with Gasteiger partial charge in [-0.15, -0.1) is 5.10 Å². The molecule has 12 heteroatoms. The smallest absolute Gasteiger partial charge is 0.168 e. The molecule has 2 aromatic heterocycles. The Bertz CT molecular complexity index is 1180. The van der Waals surface area contributed by atoms with E-state index < -0.39 is 54.3 Å². The number of rotatable bonds is 7. The summed E-state index contributed by atoms with van der Waals surface area (Å²) in [7, 11) is 1.43. The molecule has 35 heavy (non-hydrogen) atoms. The van der Waals surface area contributed by atoms with E-state index in [1.165, 1.54) is 37.0 Å². The molecule has 1 aromatic carbocycles. The lowest BCUT2D eigenvalue weighted by Gasteiger charge is -2.43. The van der Waals surface area contributed by atoms with Crippen LogP contribution in [0.2, 0.25) is 0 Å². The van der Waals surface area contributed by atoms with E-state index in [0.29, 0.717) is 11.5 Å². The zero-order valence-electron chi connectivity index (χ0n) is 19.7. The Balaban J connectivity index is 1.66. The van der Waals surface area contributed by atoms with Gasteiger partial charge in [0.2, 0.25) is 0 Å². The van der Waals surface area contributed by atoms with Gasteiger partial charge in [0.05, 0.1) is 18.9 Å². The van der Waals surface area contributed by atoms with E-state index in [1.54, 1.807) is 19.9 Å². The van der Waals surface area contributed by atoms with Crippen LogP contribution in [0.4, 0.5) is 8.78 Å². The fourth-order valence-corrected chi connectivity index (χ4v) is 4.22. The molecule has 0 amide bonds. The third-order valence-electron chi connectivity index (χ3n) is 6.19. The molecule has 0 bridgehead atoms. The van der Waals surface area contributed by atoms with E-state index in [-0.39, 0.29) is 23.2 Å². The van der Waals surface area contributed by atoms with Crippen molar-refractivity contribution in [3.8, 4) is 11.3 Å². The molecule has 5 atom stereocenters. The van der Waals surface area contributed by atoms with Crippen LogP contribution in [0.25, 0.3) is 11.3 Å². The van der Waals surface area contributed by atoms with Crippen molar-refractivity contribution in [2.24, 2.45) is 0 Å². The van der Waals surface area contributed by atoms with Gasteiger partial charge in [-0.3, -0.25) is 0 Å². The van der Waals surface area contributed by atoms with Crippen molar-refractivity contribution in [3.63, 3.8) is 0 Å². The van der Waals surface area contributed by atoms with Crippen molar-refractivity contribution in [2.45, 2.75) is 63.3 Å². The second-order valence-corrected chi connectivity index (χ2v) is 9.16. The van der Waals surface area contributed by atoms with Crippen LogP contribution >= 0.6 is 0 Å². The maximum Gasteiger partial charge on any atom is 0.168 e. The molecule has 0 radical (unpaired) electrons. The van der Waals surface area contributed by atoms with Crippen molar-refractivity contribution in [3.05, 3.63) is 53.0 Å². The molecule has 0 aliphatic carbocycles. The minimum absolute atomic E-state index is 0.0668. The van der Waals surface area contributed by atoms with Crippen molar-refractivity contribution in [1.29, 1.82) is 0 Å². The largest absolute Gasteiger partial charge is 0.394 e. The predicted octanol–water partition coefficient (Wildman–Crippen LogP) is 1.67. The van der Waals surface area contributed by atoms with Gasteiger partial charge < -0.3 is 29.3 Å². The summed E-state index contributed by atoms with van der Waals surface area (Å²) in [4.78, 5) is 0. The van der Waals surface area contributed by atoms with Crippen LogP contribution < -0.4 is 0 Å². The highest BCUT2D eigenvalue weighted by Gasteiger charge is 2.47. The molecule has 1 aliphatic rings. The lowest BCUT2D eigenvalue weighted by molar-refractivity contribution is -0.212. The first-order valence-electron chi connectivity index (χ1n) is 11.1. The molecule has 0 spiro atoms. The fraction of sp³-hybridized carbons (Fsp3) is 0.522. The number of aromatic nitrogens is 4. The van der Waals surface area contributed by atoms with Crippen LogP contribution in [0.3, 0.4) is 0 Å². The Morgan fingerprint density at radius 3 is 2.57 bits per heavy atom. The first-order valence-corrected chi connectivity index (χ1v) is 11.1. The second-order valence-electron chi connectivity index (χ2n) is 9.16. The van der Waals surface area contributed by atoms with Crippen LogP contribution in [-0.2, 0) is 21.5 Å². The molecule has 3 heterocycles. The Labute approximate surface area is 200 Å². The number of benzene rings is 1. The summed E-state index contributed by atoms with van der Waals surface area (Å²) in [6, 6.07) is 3.55. The summed E-state index contributed by atoms with van der Waals surface area (Å²) >= 11 is 0. The van der Waals surface area contributed by atoms with Crippen LogP contribution in [0, 0.1) is 18.6 Å². The topological polar surface area (TPSA) is 136 Å². The van der Waals surface area contributed by atoms with Crippen LogP contribution in [-0.4, -0.2) is 73.6 Å². The first kappa shape index (κ1) is 25.3. The van der Waals surface area contributed by atoms with Gasteiger partial charge in [-0.1, -0.05) is 16.4 Å². The normalized spacial score (nSPS) is 25.2. The molecule has 3 aromatic rings. The lowest BCUT2D eigenvalue weighted by atomic mass is 9.90. The fourth-order valence-electron chi connectivity index (χ4n) is 4.22. The predicted molar refractivity (Wildman–Crippen MR) is 117 cm³/mol. The average molecular weight is 494 g/mol. The number of ether oxygens (including phenoxy) is 2. The van der Waals surface area contributed by atoms with Crippen LogP contribution in [0.5, 0.6) is 0 Å². The number of methoxy groups -OCH3 is 1. The third kappa shape index (κ3) is 4.84. The summed E-state index contributed by atoms with van der Waals surface area (Å²) in [6.07, 6.45) is -2.22. The monoisotopic (exact) mass is 494 g/mol. The zero-order chi connectivity index (χ0) is 25.5. The van der Waals surface area contributed by atoms with Gasteiger partial charge in [0.1, 0.15) is 47.1 Å². The van der Waals surface area contributed by atoms with E-state index >= 15 is 0 Å². The van der Waals surface area contributed by atoms with Gasteiger partial charge in [-0.2, -0.15) is 0 Å². The number of aliphatic hydroxyl groups is 3. The Kier molecular flexibility index (Phi) is 7.02. The molecule has 1 saturated heterocycles. The quantitative estimate of drug-likeness (QED) is 0.448. The SMILES string of the molecule is CO[C@@H]1[C@@H](n2cc(-c3ccc(C)c(F)c3F)nn2)[C@@H](O)[C@@H](CO)O[C@@H]1Cc1cc(C(C)(C)O)no1. The number of hydrogen-bond donors (Lipinski definition) is 3. The number of aliphatic hydroxyl groups excluding tert-OH is 2. The highest BCUT2D eigenvalue weighted by Crippen LogP contribution is 2.35. The molecule has 1 aliphatic heterocycles. The van der Waals surface area contributed by atoms with E-state index in [4.69, 9.17) is 14.0 Å². The number of hydrogen-bond acceptors (Lipinski definition) is 9. The number of nitrogens with zero attached hydrogens (tertiary/aromatic N) is 4. The standard InChI is InChI=1S/C23H28F2N4O6/c1-11-5-6-13(19(25)18(11)24)14-9-29(28-26-14)20-21(31)16(10-30)34-15(22(20)33-4)7-12-8-17(27-35-12)23(2,3)32/h5-6,8-9,15-16,20-22,30-32H,7,10H2,1-4H3/t15-,16-,20+,21+,22+/m1/s1. The second kappa shape index (κ2) is 9.70. The Hall–Kier alpha value is -2.77. The molecule has 190 valence electrons. The van der Waals surface area contributed by atoms with E-state index in [2.05, 4.69) is 15.5 Å². The molecule has 3 N–H and O–H groups in total. The molecule has 4 rings (SSSR count). The van der Waals surface area contributed by atoms with E-state index in [0.717, 1.165) is 0 Å². The molecular formula is C23H28F2N4O6. The lowest BCUT2D eigenvalue weighted by Crippen LogP contribution is -2.57. The zero-order valence-corrected chi connectivity index (χ0v) is 19.7. The van der Waals surface area contributed by atoms with Crippen molar-refractivity contribution in [2.75, 3.05) is 13.7 Å². The highest BCUT2D eigenvalue weighted by atomic mass is 19.2. The summed E-state index contributed by atoms with van der Waals surface area (Å²) in [5.41, 5.74) is -0.722. The van der Waals surface area contributed by atoms with Crippen LogP contribution in [0.1, 0.15) is 36.9 Å². The Morgan fingerprint density at radius 1 is 1.20 bits per heavy atom. The van der Waals surface area contributed by atoms with Gasteiger partial charge >= 0.3 is 0 Å². The van der Waals surface area contributed by atoms with E-state index in [9.17, 15) is 24.1 Å². The molecule has 0 saturated carbocycles. The summed E-state index contributed by atoms with van der Waals surface area (Å²) in [5.74, 6) is -1.62. The maximum absolute atomic E-state index is 14.5. The van der Waals surface area contributed by atoms with Gasteiger partial charge in [0.15, 0.2) is 11.6 Å². The summed E-state index contributed by atoms with van der Waals surface area (Å²) in [5, 5.41) is 42.8. The summed E-state index contributed by atoms with van der Waals surface area (Å²) < 4.78 is 46.8. The van der Waals surface area contributed by atoms with Crippen molar-refractivity contribution >= 4 is 0 Å². The third-order valence-corrected chi connectivity index (χ3v) is 6.19. The molecule has 1 fully saturated rings. The summed E-state index contributed by atoms with van der Waals surface area (Å²) in [6.45, 7) is 4.11. The minimum atomic E-state index is -1.25. The maximum atomic E-state index is 14.5. The van der Waals surface area contributed by atoms with Gasteiger partial charge in [0, 0.05) is 25.2 Å². The Morgan fingerprint density at radius 2 is 1.94 bits per heavy atom. The van der Waals surface area contributed by atoms with Gasteiger partial charge in [-0.05, 0) is 32.4 Å². The van der Waals surface area contributed by atoms with Crippen molar-refractivity contribution in [1.82, 2.24) is 20.2 Å².